The van der Waals surface area contributed by atoms with E-state index in [0.717, 1.165) is 48.7 Å². The molecule has 2 aromatic carbocycles. The fraction of sp³-hybridized carbons (Fsp3) is 0.179. The molecule has 13 heteroatoms. The molecule has 0 radical (unpaired) electrons. The number of hydrogen-bond donors (Lipinski definition) is 0. The Morgan fingerprint density at radius 2 is 1.71 bits per heavy atom. The number of hydrogen-bond acceptors (Lipinski definition) is 13. The number of anilines is 1. The van der Waals surface area contributed by atoms with Crippen LogP contribution in [0, 0.1) is 0 Å². The highest BCUT2D eigenvalue weighted by Crippen LogP contribution is 2.32. The average Bonchev–Trinajstić information content (AvgIpc) is 3.45. The predicted molar refractivity (Wildman–Crippen MR) is 151 cm³/mol. The van der Waals surface area contributed by atoms with Crippen molar-refractivity contribution in [2.45, 2.75) is 10.4 Å². The molecule has 0 spiro atoms. The minimum Gasteiger partial charge on any atom is -0.422 e. The van der Waals surface area contributed by atoms with Gasteiger partial charge in [-0.25, -0.2) is 4.79 Å². The minimum atomic E-state index is -0.569. The Balaban J connectivity index is 1.22. The first-order chi connectivity index (χ1) is 20.1. The lowest BCUT2D eigenvalue weighted by molar-refractivity contribution is 0.310. The van der Waals surface area contributed by atoms with E-state index in [2.05, 4.69) is 47.0 Å². The second-order valence-electron chi connectivity index (χ2n) is 9.38. The summed E-state index contributed by atoms with van der Waals surface area (Å²) >= 11 is 1.05. The zero-order valence-corrected chi connectivity index (χ0v) is 22.6. The molecular formula is C28H22N8O4S. The Kier molecular flexibility index (Phi) is 6.49. The Morgan fingerprint density at radius 1 is 0.878 bits per heavy atom. The van der Waals surface area contributed by atoms with Gasteiger partial charge in [-0.3, -0.25) is 4.98 Å². The number of rotatable bonds is 6. The van der Waals surface area contributed by atoms with Crippen LogP contribution in [-0.2, 0) is 0 Å². The smallest absolute Gasteiger partial charge is 0.349 e. The number of para-hydroxylation sites is 2. The van der Waals surface area contributed by atoms with E-state index in [-0.39, 0.29) is 22.7 Å². The normalized spacial score (nSPS) is 14.1. The van der Waals surface area contributed by atoms with E-state index in [1.165, 1.54) is 0 Å². The third kappa shape index (κ3) is 5.19. The van der Waals surface area contributed by atoms with Crippen LogP contribution >= 0.6 is 11.8 Å². The minimum absolute atomic E-state index is 0.0404. The topological polar surface area (TPSA) is 136 Å². The summed E-state index contributed by atoms with van der Waals surface area (Å²) in [5.74, 6) is 1.05. The molecule has 0 N–H and O–H groups in total. The lowest BCUT2D eigenvalue weighted by Gasteiger charge is -2.32. The molecule has 0 saturated carbocycles. The van der Waals surface area contributed by atoms with Crippen LogP contribution in [0.25, 0.3) is 33.3 Å². The van der Waals surface area contributed by atoms with Gasteiger partial charge < -0.3 is 23.4 Å². The van der Waals surface area contributed by atoms with Crippen LogP contribution in [0.15, 0.2) is 90.9 Å². The predicted octanol–water partition coefficient (Wildman–Crippen LogP) is 4.27. The quantitative estimate of drug-likeness (QED) is 0.266. The maximum atomic E-state index is 12.6. The number of likely N-dealkylation sites (N-methyl/N-ethyl adjacent to an activating group) is 1. The Hall–Kier alpha value is -4.88. The van der Waals surface area contributed by atoms with E-state index in [0.29, 0.717) is 28.0 Å². The van der Waals surface area contributed by atoms with Crippen molar-refractivity contribution in [2.75, 3.05) is 38.1 Å². The first kappa shape index (κ1) is 25.1. The van der Waals surface area contributed by atoms with Crippen molar-refractivity contribution in [1.29, 1.82) is 0 Å². The fourth-order valence-electron chi connectivity index (χ4n) is 4.47. The van der Waals surface area contributed by atoms with Crippen LogP contribution in [0.3, 0.4) is 0 Å². The monoisotopic (exact) mass is 566 g/mol. The van der Waals surface area contributed by atoms with Gasteiger partial charge in [0.25, 0.3) is 11.1 Å². The molecule has 41 heavy (non-hydrogen) atoms. The van der Waals surface area contributed by atoms with Gasteiger partial charge in [-0.05, 0) is 31.3 Å². The summed E-state index contributed by atoms with van der Waals surface area (Å²) < 4.78 is 17.4. The molecule has 0 atom stereocenters. The van der Waals surface area contributed by atoms with Crippen LogP contribution in [0.4, 0.5) is 5.95 Å². The molecule has 0 amide bonds. The Bertz CT molecular complexity index is 1930. The molecule has 5 heterocycles. The van der Waals surface area contributed by atoms with Crippen LogP contribution in [0.2, 0.25) is 0 Å². The lowest BCUT2D eigenvalue weighted by atomic mass is 10.2. The highest BCUT2D eigenvalue weighted by molar-refractivity contribution is 7.98. The Labute approximate surface area is 237 Å². The molecule has 7 rings (SSSR count). The summed E-state index contributed by atoms with van der Waals surface area (Å²) in [4.78, 5) is 35.2. The van der Waals surface area contributed by atoms with E-state index < -0.39 is 5.63 Å². The fourth-order valence-corrected chi connectivity index (χ4v) is 5.08. The zero-order valence-electron chi connectivity index (χ0n) is 21.8. The van der Waals surface area contributed by atoms with Crippen LogP contribution in [0.1, 0.15) is 0 Å². The maximum Gasteiger partial charge on any atom is 0.349 e. The molecule has 0 aliphatic carbocycles. The summed E-state index contributed by atoms with van der Waals surface area (Å²) in [6.45, 7) is 3.25. The van der Waals surface area contributed by atoms with Crippen molar-refractivity contribution in [3.05, 3.63) is 77.3 Å². The largest absolute Gasteiger partial charge is 0.422 e. The molecule has 12 nitrogen and oxygen atoms in total. The first-order valence-electron chi connectivity index (χ1n) is 12.8. The molecule has 0 unspecified atom stereocenters. The second-order valence-corrected chi connectivity index (χ2v) is 10.3. The number of aromatic nitrogens is 6. The first-order valence-corrected chi connectivity index (χ1v) is 13.7. The summed E-state index contributed by atoms with van der Waals surface area (Å²) in [5, 5.41) is 10.3. The van der Waals surface area contributed by atoms with Crippen LogP contribution < -0.4 is 15.3 Å². The average molecular weight is 567 g/mol. The van der Waals surface area contributed by atoms with Crippen molar-refractivity contribution in [3.8, 4) is 23.2 Å². The molecule has 1 fully saturated rings. The van der Waals surface area contributed by atoms with Gasteiger partial charge in [-0.15, -0.1) is 10.2 Å². The molecule has 1 saturated heterocycles. The Morgan fingerprint density at radius 3 is 2.61 bits per heavy atom. The molecule has 4 aromatic heterocycles. The second kappa shape index (κ2) is 10.6. The van der Waals surface area contributed by atoms with Crippen molar-refractivity contribution in [3.63, 3.8) is 0 Å². The lowest BCUT2D eigenvalue weighted by Crippen LogP contribution is -2.45. The van der Waals surface area contributed by atoms with E-state index in [4.69, 9.17) is 13.6 Å². The third-order valence-electron chi connectivity index (χ3n) is 6.62. The van der Waals surface area contributed by atoms with Gasteiger partial charge in [0, 0.05) is 54.9 Å². The number of pyridine rings is 1. The molecule has 204 valence electrons. The zero-order chi connectivity index (χ0) is 27.8. The highest BCUT2D eigenvalue weighted by atomic mass is 32.2. The van der Waals surface area contributed by atoms with Crippen molar-refractivity contribution < 1.29 is 13.6 Å². The number of fused-ring (bicyclic) bond motifs is 2. The van der Waals surface area contributed by atoms with E-state index >= 15 is 0 Å². The summed E-state index contributed by atoms with van der Waals surface area (Å²) in [7, 11) is 2.08. The number of ether oxygens (including phenoxy) is 1. The van der Waals surface area contributed by atoms with Gasteiger partial charge in [0.05, 0.1) is 0 Å². The van der Waals surface area contributed by atoms with Gasteiger partial charge in [0.15, 0.2) is 5.75 Å². The van der Waals surface area contributed by atoms with Crippen LogP contribution in [-0.4, -0.2) is 68.3 Å². The maximum absolute atomic E-state index is 12.6. The number of benzene rings is 2. The molecule has 1 aliphatic rings. The summed E-state index contributed by atoms with van der Waals surface area (Å²) in [6.07, 6.45) is 1.71. The third-order valence-corrected chi connectivity index (χ3v) is 7.33. The van der Waals surface area contributed by atoms with Crippen molar-refractivity contribution in [2.24, 2.45) is 0 Å². The number of piperazine rings is 1. The summed E-state index contributed by atoms with van der Waals surface area (Å²) in [5.41, 5.74) is 0.775. The standard InChI is InChI=1S/C28H22N8O4S/c1-35-12-14-36(15-13-35)25-30-26(39-21-10-4-7-17-8-5-11-29-22(17)21)32-27(31-25)41-28-34-33-23(40-28)19-16-18-6-2-3-9-20(18)38-24(19)37/h2-11,16H,12-15H2,1H3. The van der Waals surface area contributed by atoms with Gasteiger partial charge in [-0.1, -0.05) is 36.4 Å². The molecule has 1 aliphatic heterocycles. The molecule has 0 bridgehead atoms. The highest BCUT2D eigenvalue weighted by Gasteiger charge is 2.22. The van der Waals surface area contributed by atoms with Crippen LogP contribution in [0.5, 0.6) is 11.8 Å². The number of nitrogens with zero attached hydrogens (tertiary/aromatic N) is 8. The molecule has 6 aromatic rings. The SMILES string of the molecule is CN1CCN(c2nc(Oc3cccc4cccnc34)nc(Sc3nnc(-c4cc5ccccc5oc4=O)o3)n2)CC1. The molecular weight excluding hydrogens is 544 g/mol. The van der Waals surface area contributed by atoms with E-state index in [1.807, 2.05) is 42.5 Å². The van der Waals surface area contributed by atoms with Gasteiger partial charge in [0.2, 0.25) is 11.1 Å². The van der Waals surface area contributed by atoms with Crippen molar-refractivity contribution >= 4 is 39.6 Å². The van der Waals surface area contributed by atoms with E-state index in [9.17, 15) is 4.79 Å². The summed E-state index contributed by atoms with van der Waals surface area (Å²) in [6, 6.07) is 18.5. The van der Waals surface area contributed by atoms with Gasteiger partial charge in [0.1, 0.15) is 16.7 Å². The van der Waals surface area contributed by atoms with Gasteiger partial charge in [-0.2, -0.15) is 15.0 Å². The van der Waals surface area contributed by atoms with Gasteiger partial charge >= 0.3 is 11.6 Å². The van der Waals surface area contributed by atoms with Crippen molar-refractivity contribution in [1.82, 2.24) is 35.0 Å². The van der Waals surface area contributed by atoms with E-state index in [1.54, 1.807) is 24.4 Å².